The number of ether oxygens (including phenoxy) is 1. The number of aromatic nitrogens is 1. The van der Waals surface area contributed by atoms with Crippen molar-refractivity contribution in [3.05, 3.63) is 114 Å². The molecular formula is C28H26N2O3. The zero-order chi connectivity index (χ0) is 23.0. The van der Waals surface area contributed by atoms with Gasteiger partial charge in [-0.25, -0.2) is 0 Å². The molecule has 0 bridgehead atoms. The molecule has 0 aliphatic carbocycles. The van der Waals surface area contributed by atoms with Gasteiger partial charge in [0.1, 0.15) is 0 Å². The van der Waals surface area contributed by atoms with E-state index in [1.165, 1.54) is 0 Å². The first-order chi connectivity index (χ1) is 16.1. The Morgan fingerprint density at radius 3 is 2.06 bits per heavy atom. The van der Waals surface area contributed by atoms with Crippen molar-refractivity contribution < 1.29 is 14.3 Å². The second-order valence-corrected chi connectivity index (χ2v) is 7.97. The summed E-state index contributed by atoms with van der Waals surface area (Å²) in [6, 6.07) is 29.1. The number of rotatable bonds is 8. The number of carbonyl (C=O) groups is 2. The molecule has 1 heterocycles. The molecule has 5 heteroatoms. The molecular weight excluding hydrogens is 412 g/mol. The van der Waals surface area contributed by atoms with Crippen molar-refractivity contribution in [2.45, 2.75) is 32.5 Å². The van der Waals surface area contributed by atoms with Crippen molar-refractivity contribution in [3.8, 4) is 0 Å². The van der Waals surface area contributed by atoms with Gasteiger partial charge in [-0.1, -0.05) is 84.9 Å². The van der Waals surface area contributed by atoms with Crippen LogP contribution in [0.5, 0.6) is 0 Å². The first-order valence-corrected chi connectivity index (χ1v) is 11.0. The molecule has 1 amide bonds. The van der Waals surface area contributed by atoms with E-state index in [0.29, 0.717) is 13.1 Å². The fourth-order valence-corrected chi connectivity index (χ4v) is 3.83. The van der Waals surface area contributed by atoms with Crippen LogP contribution in [0, 0.1) is 0 Å². The van der Waals surface area contributed by atoms with Crippen LogP contribution in [0.4, 0.5) is 0 Å². The second-order valence-electron chi connectivity index (χ2n) is 7.97. The smallest absolute Gasteiger partial charge is 0.311 e. The van der Waals surface area contributed by atoms with Gasteiger partial charge < -0.3 is 9.64 Å². The lowest BCUT2D eigenvalue weighted by molar-refractivity contribution is -0.159. The molecule has 33 heavy (non-hydrogen) atoms. The Balaban J connectivity index is 1.46. The van der Waals surface area contributed by atoms with Crippen molar-refractivity contribution in [2.75, 3.05) is 0 Å². The zero-order valence-electron chi connectivity index (χ0n) is 18.6. The van der Waals surface area contributed by atoms with Gasteiger partial charge in [0.05, 0.1) is 11.9 Å². The zero-order valence-corrected chi connectivity index (χ0v) is 18.6. The number of carbonyl (C=O) groups excluding carboxylic acids is 2. The molecule has 4 aromatic rings. The number of amides is 1. The Hall–Kier alpha value is -3.99. The van der Waals surface area contributed by atoms with Gasteiger partial charge in [-0.15, -0.1) is 0 Å². The topological polar surface area (TPSA) is 59.5 Å². The van der Waals surface area contributed by atoms with Crippen molar-refractivity contribution in [1.29, 1.82) is 0 Å². The van der Waals surface area contributed by atoms with Gasteiger partial charge in [0, 0.05) is 24.7 Å². The number of fused-ring (bicyclic) bond motifs is 1. The maximum atomic E-state index is 13.3. The molecule has 0 radical (unpaired) electrons. The summed E-state index contributed by atoms with van der Waals surface area (Å²) in [4.78, 5) is 32.1. The molecule has 0 N–H and O–H groups in total. The van der Waals surface area contributed by atoms with Gasteiger partial charge in [0.15, 0.2) is 6.10 Å². The number of esters is 1. The number of benzene rings is 3. The largest absolute Gasteiger partial charge is 0.452 e. The molecule has 1 aromatic heterocycles. The average molecular weight is 439 g/mol. The molecule has 0 fully saturated rings. The summed E-state index contributed by atoms with van der Waals surface area (Å²) in [6.45, 7) is 2.50. The maximum absolute atomic E-state index is 13.3. The fourth-order valence-electron chi connectivity index (χ4n) is 3.83. The second kappa shape index (κ2) is 10.6. The van der Waals surface area contributed by atoms with Gasteiger partial charge in [-0.2, -0.15) is 0 Å². The highest BCUT2D eigenvalue weighted by Crippen LogP contribution is 2.18. The summed E-state index contributed by atoms with van der Waals surface area (Å²) in [5.74, 6) is -0.680. The van der Waals surface area contributed by atoms with Crippen LogP contribution in [-0.4, -0.2) is 27.9 Å². The quantitative estimate of drug-likeness (QED) is 0.366. The Bertz CT molecular complexity index is 1180. The van der Waals surface area contributed by atoms with E-state index < -0.39 is 12.1 Å². The van der Waals surface area contributed by atoms with E-state index in [4.69, 9.17) is 4.74 Å². The SMILES string of the molecule is CC(OC(=O)Cc1cccc2cccnc12)C(=O)N(Cc1ccccc1)Cc1ccccc1. The Morgan fingerprint density at radius 1 is 0.818 bits per heavy atom. The van der Waals surface area contributed by atoms with Crippen LogP contribution in [0.3, 0.4) is 0 Å². The predicted molar refractivity (Wildman–Crippen MR) is 128 cm³/mol. The van der Waals surface area contributed by atoms with Crippen LogP contribution >= 0.6 is 0 Å². The molecule has 0 aliphatic heterocycles. The molecule has 0 aliphatic rings. The minimum atomic E-state index is -0.895. The Labute approximate surface area is 193 Å². The fraction of sp³-hybridized carbons (Fsp3) is 0.179. The number of pyridine rings is 1. The maximum Gasteiger partial charge on any atom is 0.311 e. The lowest BCUT2D eigenvalue weighted by Gasteiger charge is -2.26. The van der Waals surface area contributed by atoms with E-state index in [0.717, 1.165) is 27.6 Å². The first-order valence-electron chi connectivity index (χ1n) is 11.0. The van der Waals surface area contributed by atoms with Crippen LogP contribution in [0.25, 0.3) is 10.9 Å². The minimum Gasteiger partial charge on any atom is -0.452 e. The van der Waals surface area contributed by atoms with E-state index in [-0.39, 0.29) is 12.3 Å². The van der Waals surface area contributed by atoms with Gasteiger partial charge >= 0.3 is 5.97 Å². The van der Waals surface area contributed by atoms with Crippen LogP contribution < -0.4 is 0 Å². The third-order valence-electron chi connectivity index (χ3n) is 5.45. The number of hydrogen-bond donors (Lipinski definition) is 0. The van der Waals surface area contributed by atoms with E-state index in [1.54, 1.807) is 18.0 Å². The summed E-state index contributed by atoms with van der Waals surface area (Å²) in [5, 5.41) is 0.962. The van der Waals surface area contributed by atoms with Crippen molar-refractivity contribution in [3.63, 3.8) is 0 Å². The van der Waals surface area contributed by atoms with Crippen LogP contribution in [-0.2, 0) is 33.8 Å². The first kappa shape index (κ1) is 22.2. The molecule has 166 valence electrons. The Morgan fingerprint density at radius 2 is 1.42 bits per heavy atom. The minimum absolute atomic E-state index is 0.0589. The summed E-state index contributed by atoms with van der Waals surface area (Å²) in [6.07, 6.45) is 0.866. The molecule has 3 aromatic carbocycles. The molecule has 0 spiro atoms. The highest BCUT2D eigenvalue weighted by Gasteiger charge is 2.24. The van der Waals surface area contributed by atoms with Crippen LogP contribution in [0.1, 0.15) is 23.6 Å². The lowest BCUT2D eigenvalue weighted by atomic mass is 10.1. The van der Waals surface area contributed by atoms with Gasteiger partial charge in [-0.05, 0) is 29.7 Å². The highest BCUT2D eigenvalue weighted by atomic mass is 16.5. The summed E-state index contributed by atoms with van der Waals surface area (Å²) in [5.41, 5.74) is 3.58. The lowest BCUT2D eigenvalue weighted by Crippen LogP contribution is -2.39. The number of para-hydroxylation sites is 1. The van der Waals surface area contributed by atoms with E-state index in [2.05, 4.69) is 4.98 Å². The van der Waals surface area contributed by atoms with Crippen molar-refractivity contribution >= 4 is 22.8 Å². The Kier molecular flexibility index (Phi) is 7.10. The third kappa shape index (κ3) is 5.83. The summed E-state index contributed by atoms with van der Waals surface area (Å²) in [7, 11) is 0. The van der Waals surface area contributed by atoms with Crippen LogP contribution in [0.2, 0.25) is 0 Å². The van der Waals surface area contributed by atoms with E-state index >= 15 is 0 Å². The third-order valence-corrected chi connectivity index (χ3v) is 5.45. The molecule has 0 saturated heterocycles. The standard InChI is InChI=1S/C28H26N2O3/c1-21(33-26(31)18-25-15-8-14-24-16-9-17-29-27(24)25)28(32)30(19-22-10-4-2-5-11-22)20-23-12-6-3-7-13-23/h2-17,21H,18-20H2,1H3. The molecule has 5 nitrogen and oxygen atoms in total. The number of nitrogens with zero attached hydrogens (tertiary/aromatic N) is 2. The van der Waals surface area contributed by atoms with Gasteiger partial charge in [-0.3, -0.25) is 14.6 Å². The molecule has 0 saturated carbocycles. The van der Waals surface area contributed by atoms with E-state index in [9.17, 15) is 9.59 Å². The van der Waals surface area contributed by atoms with Gasteiger partial charge in [0.2, 0.25) is 0 Å². The summed E-state index contributed by atoms with van der Waals surface area (Å²) < 4.78 is 5.56. The van der Waals surface area contributed by atoms with Gasteiger partial charge in [0.25, 0.3) is 5.91 Å². The normalized spacial score (nSPS) is 11.7. The molecule has 4 rings (SSSR count). The highest BCUT2D eigenvalue weighted by molar-refractivity contribution is 5.87. The monoisotopic (exact) mass is 438 g/mol. The van der Waals surface area contributed by atoms with Crippen molar-refractivity contribution in [1.82, 2.24) is 9.88 Å². The summed E-state index contributed by atoms with van der Waals surface area (Å²) >= 11 is 0. The van der Waals surface area contributed by atoms with E-state index in [1.807, 2.05) is 91.0 Å². The van der Waals surface area contributed by atoms with Crippen molar-refractivity contribution in [2.24, 2.45) is 0 Å². The van der Waals surface area contributed by atoms with Crippen LogP contribution in [0.15, 0.2) is 97.2 Å². The molecule has 1 atom stereocenters. The number of hydrogen-bond acceptors (Lipinski definition) is 4. The average Bonchev–Trinajstić information content (AvgIpc) is 2.84. The predicted octanol–water partition coefficient (Wildman–Crippen LogP) is 4.94. The molecule has 1 unspecified atom stereocenters.